The average molecular weight is 496 g/mol. The monoisotopic (exact) mass is 495 g/mol. The predicted octanol–water partition coefficient (Wildman–Crippen LogP) is 4.30. The molecule has 2 aromatic carbocycles. The largest absolute Gasteiger partial charge is 0.494 e. The SMILES string of the molecule is CCOc1ccc(NC(=O)CN2C(=O)/C(=C3/SC(=S)N(CC(C)C)C3=O)c3ccccc32)cc1. The molecule has 4 rings (SSSR count). The van der Waals surface area contributed by atoms with Gasteiger partial charge in [-0.1, -0.05) is 56.0 Å². The molecule has 2 aliphatic rings. The number of carbonyl (C=O) groups excluding carboxylic acids is 3. The third-order valence-corrected chi connectivity index (χ3v) is 6.75. The fourth-order valence-electron chi connectivity index (χ4n) is 3.87. The summed E-state index contributed by atoms with van der Waals surface area (Å²) in [4.78, 5) is 42.7. The molecule has 3 amide bonds. The summed E-state index contributed by atoms with van der Waals surface area (Å²) in [6.07, 6.45) is 0. The Labute approximate surface area is 208 Å². The summed E-state index contributed by atoms with van der Waals surface area (Å²) in [5.41, 5.74) is 2.13. The summed E-state index contributed by atoms with van der Waals surface area (Å²) < 4.78 is 5.86. The molecule has 1 N–H and O–H groups in total. The van der Waals surface area contributed by atoms with Crippen LogP contribution in [0.3, 0.4) is 0 Å². The summed E-state index contributed by atoms with van der Waals surface area (Å²) in [5.74, 6) is -0.0404. The molecule has 0 aromatic heterocycles. The number of thioether (sulfide) groups is 1. The number of rotatable bonds is 7. The van der Waals surface area contributed by atoms with Gasteiger partial charge in [0.25, 0.3) is 11.8 Å². The molecule has 0 bridgehead atoms. The second kappa shape index (κ2) is 9.99. The number of anilines is 2. The van der Waals surface area contributed by atoms with Gasteiger partial charge in [0.15, 0.2) is 0 Å². The van der Waals surface area contributed by atoms with Gasteiger partial charge in [0.2, 0.25) is 5.91 Å². The molecule has 1 fully saturated rings. The van der Waals surface area contributed by atoms with Crippen LogP contribution in [0.15, 0.2) is 53.4 Å². The van der Waals surface area contributed by atoms with E-state index in [2.05, 4.69) is 5.32 Å². The summed E-state index contributed by atoms with van der Waals surface area (Å²) in [5, 5.41) is 2.81. The average Bonchev–Trinajstić information content (AvgIpc) is 3.22. The van der Waals surface area contributed by atoms with E-state index in [0.29, 0.717) is 50.6 Å². The first-order valence-electron chi connectivity index (χ1n) is 11.0. The zero-order valence-corrected chi connectivity index (χ0v) is 20.8. The van der Waals surface area contributed by atoms with Crippen molar-refractivity contribution < 1.29 is 19.1 Å². The minimum Gasteiger partial charge on any atom is -0.494 e. The topological polar surface area (TPSA) is 79.0 Å². The number of para-hydroxylation sites is 1. The van der Waals surface area contributed by atoms with Crippen molar-refractivity contribution in [3.05, 3.63) is 59.0 Å². The Kier molecular flexibility index (Phi) is 7.04. The third kappa shape index (κ3) is 4.71. The number of fused-ring (bicyclic) bond motifs is 1. The van der Waals surface area contributed by atoms with E-state index >= 15 is 0 Å². The molecule has 0 aliphatic carbocycles. The summed E-state index contributed by atoms with van der Waals surface area (Å²) in [6.45, 7) is 6.78. The van der Waals surface area contributed by atoms with Gasteiger partial charge in [-0.15, -0.1) is 0 Å². The maximum Gasteiger partial charge on any atom is 0.267 e. The Bertz CT molecular complexity index is 1190. The minimum absolute atomic E-state index is 0.182. The van der Waals surface area contributed by atoms with E-state index in [0.717, 1.165) is 11.8 Å². The first-order chi connectivity index (χ1) is 16.3. The number of thiocarbonyl (C=S) groups is 1. The lowest BCUT2D eigenvalue weighted by molar-refractivity contribution is -0.122. The van der Waals surface area contributed by atoms with Crippen LogP contribution in [0.5, 0.6) is 5.75 Å². The van der Waals surface area contributed by atoms with Crippen LogP contribution in [-0.4, -0.2) is 46.6 Å². The van der Waals surface area contributed by atoms with Crippen LogP contribution >= 0.6 is 24.0 Å². The van der Waals surface area contributed by atoms with Crippen molar-refractivity contribution in [3.8, 4) is 5.75 Å². The van der Waals surface area contributed by atoms with Gasteiger partial charge < -0.3 is 10.1 Å². The molecule has 0 unspecified atom stereocenters. The lowest BCUT2D eigenvalue weighted by Crippen LogP contribution is -2.36. The highest BCUT2D eigenvalue weighted by atomic mass is 32.2. The minimum atomic E-state index is -0.381. The van der Waals surface area contributed by atoms with Crippen molar-refractivity contribution in [2.24, 2.45) is 5.92 Å². The van der Waals surface area contributed by atoms with E-state index in [1.807, 2.05) is 26.8 Å². The van der Waals surface area contributed by atoms with Crippen molar-refractivity contribution in [1.29, 1.82) is 0 Å². The molecule has 2 aliphatic heterocycles. The number of carbonyl (C=O) groups is 3. The van der Waals surface area contributed by atoms with Gasteiger partial charge in [0.1, 0.15) is 16.6 Å². The van der Waals surface area contributed by atoms with Crippen LogP contribution in [-0.2, 0) is 14.4 Å². The first kappa shape index (κ1) is 24.0. The zero-order chi connectivity index (χ0) is 24.4. The van der Waals surface area contributed by atoms with Gasteiger partial charge in [0.05, 0.1) is 22.8 Å². The quantitative estimate of drug-likeness (QED) is 0.456. The molecule has 9 heteroatoms. The van der Waals surface area contributed by atoms with Gasteiger partial charge in [-0.3, -0.25) is 24.2 Å². The van der Waals surface area contributed by atoms with Gasteiger partial charge in [-0.05, 0) is 43.2 Å². The van der Waals surface area contributed by atoms with Crippen LogP contribution in [0.25, 0.3) is 5.57 Å². The molecule has 176 valence electrons. The van der Waals surface area contributed by atoms with Crippen molar-refractivity contribution in [2.45, 2.75) is 20.8 Å². The van der Waals surface area contributed by atoms with E-state index in [-0.39, 0.29) is 30.2 Å². The number of nitrogens with zero attached hydrogens (tertiary/aromatic N) is 2. The van der Waals surface area contributed by atoms with Gasteiger partial charge in [-0.2, -0.15) is 0 Å². The highest BCUT2D eigenvalue weighted by molar-refractivity contribution is 8.26. The Morgan fingerprint density at radius 3 is 2.44 bits per heavy atom. The second-order valence-corrected chi connectivity index (χ2v) is 9.94. The maximum atomic E-state index is 13.5. The fourth-order valence-corrected chi connectivity index (χ4v) is 5.22. The lowest BCUT2D eigenvalue weighted by atomic mass is 10.1. The summed E-state index contributed by atoms with van der Waals surface area (Å²) >= 11 is 6.56. The molecular formula is C25H25N3O4S2. The number of amides is 3. The Hall–Kier alpha value is -3.17. The Morgan fingerprint density at radius 2 is 1.76 bits per heavy atom. The third-order valence-electron chi connectivity index (χ3n) is 5.30. The summed E-state index contributed by atoms with van der Waals surface area (Å²) in [6, 6.07) is 14.2. The molecule has 34 heavy (non-hydrogen) atoms. The molecule has 2 heterocycles. The van der Waals surface area contributed by atoms with Gasteiger partial charge in [0, 0.05) is 17.8 Å². The predicted molar refractivity (Wildman–Crippen MR) is 139 cm³/mol. The normalized spacial score (nSPS) is 17.6. The van der Waals surface area contributed by atoms with Crippen molar-refractivity contribution in [1.82, 2.24) is 4.90 Å². The highest BCUT2D eigenvalue weighted by Crippen LogP contribution is 2.44. The smallest absolute Gasteiger partial charge is 0.267 e. The van der Waals surface area contributed by atoms with Crippen molar-refractivity contribution >= 4 is 63.0 Å². The second-order valence-electron chi connectivity index (χ2n) is 8.30. The van der Waals surface area contributed by atoms with E-state index in [1.165, 1.54) is 4.90 Å². The van der Waals surface area contributed by atoms with Crippen molar-refractivity contribution in [3.63, 3.8) is 0 Å². The number of ether oxygens (including phenoxy) is 1. The lowest BCUT2D eigenvalue weighted by Gasteiger charge is -2.17. The zero-order valence-electron chi connectivity index (χ0n) is 19.2. The molecule has 0 radical (unpaired) electrons. The molecule has 7 nitrogen and oxygen atoms in total. The molecule has 0 spiro atoms. The van der Waals surface area contributed by atoms with Crippen LogP contribution in [0.2, 0.25) is 0 Å². The van der Waals surface area contributed by atoms with Crippen LogP contribution < -0.4 is 15.0 Å². The maximum absolute atomic E-state index is 13.5. The summed E-state index contributed by atoms with van der Waals surface area (Å²) in [7, 11) is 0. The number of hydrogen-bond donors (Lipinski definition) is 1. The number of hydrogen-bond acceptors (Lipinski definition) is 6. The first-order valence-corrected chi connectivity index (χ1v) is 12.2. The van der Waals surface area contributed by atoms with E-state index in [1.54, 1.807) is 47.4 Å². The molecule has 0 atom stereocenters. The number of nitrogens with one attached hydrogen (secondary N) is 1. The molecular weight excluding hydrogens is 470 g/mol. The fraction of sp³-hybridized carbons (Fsp3) is 0.280. The highest BCUT2D eigenvalue weighted by Gasteiger charge is 2.42. The van der Waals surface area contributed by atoms with Crippen molar-refractivity contribution in [2.75, 3.05) is 29.9 Å². The molecule has 0 saturated carbocycles. The van der Waals surface area contributed by atoms with Crippen LogP contribution in [0.1, 0.15) is 26.3 Å². The molecule has 1 saturated heterocycles. The Morgan fingerprint density at radius 1 is 1.06 bits per heavy atom. The standard InChI is InChI=1S/C25H25N3O4S2/c1-4-32-17-11-9-16(10-12-17)26-20(29)14-27-19-8-6-5-7-18(19)21(23(27)30)22-24(31)28(13-15(2)3)25(33)34-22/h5-12,15H,4,13-14H2,1-3H3,(H,26,29)/b22-21+. The van der Waals surface area contributed by atoms with Crippen LogP contribution in [0.4, 0.5) is 11.4 Å². The number of benzene rings is 2. The Balaban J connectivity index is 1.58. The van der Waals surface area contributed by atoms with E-state index in [9.17, 15) is 14.4 Å². The van der Waals surface area contributed by atoms with Gasteiger partial charge >= 0.3 is 0 Å². The van der Waals surface area contributed by atoms with Gasteiger partial charge in [-0.25, -0.2) is 0 Å². The molecule has 2 aromatic rings. The van der Waals surface area contributed by atoms with Crippen LogP contribution in [0, 0.1) is 5.92 Å². The van der Waals surface area contributed by atoms with E-state index in [4.69, 9.17) is 17.0 Å². The van der Waals surface area contributed by atoms with E-state index < -0.39 is 0 Å².